The van der Waals surface area contributed by atoms with Gasteiger partial charge in [0.1, 0.15) is 11.9 Å². The molecule has 0 fully saturated rings. The Hall–Kier alpha value is -3.22. The minimum Gasteiger partial charge on any atom is -0.489 e. The highest BCUT2D eigenvalue weighted by molar-refractivity contribution is 5.90. The van der Waals surface area contributed by atoms with Crippen LogP contribution < -0.4 is 10.1 Å². The molecule has 0 radical (unpaired) electrons. The maximum absolute atomic E-state index is 11.6. The molecular formula is C28H32N2O4. The molecule has 0 bridgehead atoms. The van der Waals surface area contributed by atoms with Crippen molar-refractivity contribution < 1.29 is 19.7 Å². The highest BCUT2D eigenvalue weighted by atomic mass is 16.5. The molecular weight excluding hydrogens is 428 g/mol. The topological polar surface area (TPSA) is 91.7 Å². The first kappa shape index (κ1) is 23.9. The first-order valence-corrected chi connectivity index (χ1v) is 11.9. The molecule has 2 heterocycles. The molecule has 3 N–H and O–H groups in total. The number of carboxylic acid groups (broad SMARTS) is 1. The predicted molar refractivity (Wildman–Crippen MR) is 132 cm³/mol. The van der Waals surface area contributed by atoms with E-state index in [-0.39, 0.29) is 6.10 Å². The normalized spacial score (nSPS) is 16.1. The van der Waals surface area contributed by atoms with Crippen LogP contribution in [0.3, 0.4) is 0 Å². The van der Waals surface area contributed by atoms with Gasteiger partial charge in [0.25, 0.3) is 0 Å². The fraction of sp³-hybridized carbons (Fsp3) is 0.357. The van der Waals surface area contributed by atoms with Gasteiger partial charge in [-0.15, -0.1) is 0 Å². The van der Waals surface area contributed by atoms with Gasteiger partial charge in [0.05, 0.1) is 11.7 Å². The van der Waals surface area contributed by atoms with Gasteiger partial charge in [-0.05, 0) is 71.7 Å². The van der Waals surface area contributed by atoms with Crippen LogP contribution in [0.15, 0.2) is 60.9 Å². The number of hydrogen-bond donors (Lipinski definition) is 3. The monoisotopic (exact) mass is 460 g/mol. The van der Waals surface area contributed by atoms with Crippen LogP contribution in [0.1, 0.15) is 53.4 Å². The molecule has 34 heavy (non-hydrogen) atoms. The second-order valence-corrected chi connectivity index (χ2v) is 9.34. The Morgan fingerprint density at radius 3 is 2.71 bits per heavy atom. The van der Waals surface area contributed by atoms with Gasteiger partial charge in [-0.25, -0.2) is 4.79 Å². The molecule has 2 unspecified atom stereocenters. The van der Waals surface area contributed by atoms with E-state index in [1.807, 2.05) is 36.4 Å². The van der Waals surface area contributed by atoms with E-state index >= 15 is 0 Å². The summed E-state index contributed by atoms with van der Waals surface area (Å²) in [6.07, 6.45) is 5.35. The van der Waals surface area contributed by atoms with Crippen LogP contribution in [-0.4, -0.2) is 40.4 Å². The summed E-state index contributed by atoms with van der Waals surface area (Å²) in [7, 11) is 0. The standard InChI is InChI=1S/C28H32N2O4/c1-18(2)12-23-14-19(6-9-25(23)28(32)33)20-7-10-27-21(13-20)5-8-24(34-27)16-30-17-26(31)22-4-3-11-29-15-22/h3-4,6-7,9-11,13-15,18,24,26,30-31H,5,8,12,16-17H2,1-2H3,(H,32,33). The van der Waals surface area contributed by atoms with Crippen LogP contribution in [0, 0.1) is 5.92 Å². The number of hydrogen-bond acceptors (Lipinski definition) is 5. The van der Waals surface area contributed by atoms with E-state index in [1.54, 1.807) is 18.5 Å². The Morgan fingerprint density at radius 1 is 1.18 bits per heavy atom. The van der Waals surface area contributed by atoms with Crippen molar-refractivity contribution in [3.8, 4) is 16.9 Å². The molecule has 1 aliphatic heterocycles. The number of aromatic carboxylic acids is 1. The zero-order valence-electron chi connectivity index (χ0n) is 19.7. The lowest BCUT2D eigenvalue weighted by molar-refractivity contribution is 0.0695. The van der Waals surface area contributed by atoms with E-state index in [1.165, 1.54) is 0 Å². The van der Waals surface area contributed by atoms with Gasteiger partial charge in [-0.1, -0.05) is 38.1 Å². The number of aryl methyl sites for hydroxylation is 1. The van der Waals surface area contributed by atoms with Gasteiger partial charge >= 0.3 is 5.97 Å². The summed E-state index contributed by atoms with van der Waals surface area (Å²) < 4.78 is 6.20. The van der Waals surface area contributed by atoms with E-state index in [9.17, 15) is 15.0 Å². The quantitative estimate of drug-likeness (QED) is 0.430. The van der Waals surface area contributed by atoms with Crippen molar-refractivity contribution in [3.05, 3.63) is 83.2 Å². The van der Waals surface area contributed by atoms with E-state index in [0.29, 0.717) is 24.6 Å². The van der Waals surface area contributed by atoms with Gasteiger partial charge in [0.2, 0.25) is 0 Å². The zero-order valence-corrected chi connectivity index (χ0v) is 19.7. The minimum atomic E-state index is -0.881. The smallest absolute Gasteiger partial charge is 0.335 e. The molecule has 2 aromatic carbocycles. The van der Waals surface area contributed by atoms with Crippen molar-refractivity contribution in [1.29, 1.82) is 0 Å². The number of pyridine rings is 1. The molecule has 6 nitrogen and oxygen atoms in total. The number of nitrogens with zero attached hydrogens (tertiary/aromatic N) is 1. The lowest BCUT2D eigenvalue weighted by atomic mass is 9.92. The fourth-order valence-corrected chi connectivity index (χ4v) is 4.43. The summed E-state index contributed by atoms with van der Waals surface area (Å²) >= 11 is 0. The number of benzene rings is 2. The molecule has 1 aliphatic rings. The largest absolute Gasteiger partial charge is 0.489 e. The third-order valence-corrected chi connectivity index (χ3v) is 6.17. The molecule has 0 amide bonds. The number of rotatable bonds is 9. The van der Waals surface area contributed by atoms with Crippen LogP contribution in [0.25, 0.3) is 11.1 Å². The number of aliphatic hydroxyl groups is 1. The Balaban J connectivity index is 1.40. The van der Waals surface area contributed by atoms with Crippen LogP contribution in [-0.2, 0) is 12.8 Å². The van der Waals surface area contributed by atoms with Crippen LogP contribution in [0.4, 0.5) is 0 Å². The van der Waals surface area contributed by atoms with E-state index in [2.05, 4.69) is 30.2 Å². The number of ether oxygens (including phenoxy) is 1. The van der Waals surface area contributed by atoms with E-state index < -0.39 is 12.1 Å². The predicted octanol–water partition coefficient (Wildman–Crippen LogP) is 4.66. The molecule has 3 aromatic rings. The number of nitrogens with one attached hydrogen (secondary N) is 1. The third-order valence-electron chi connectivity index (χ3n) is 6.17. The summed E-state index contributed by atoms with van der Waals surface area (Å²) in [5, 5.41) is 23.1. The van der Waals surface area contributed by atoms with Crippen LogP contribution in [0.2, 0.25) is 0 Å². The highest BCUT2D eigenvalue weighted by Gasteiger charge is 2.21. The third kappa shape index (κ3) is 5.82. The molecule has 0 saturated carbocycles. The van der Waals surface area contributed by atoms with E-state index in [4.69, 9.17) is 4.74 Å². The molecule has 0 saturated heterocycles. The Morgan fingerprint density at radius 2 is 1.97 bits per heavy atom. The van der Waals surface area contributed by atoms with Crippen molar-refractivity contribution in [3.63, 3.8) is 0 Å². The van der Waals surface area contributed by atoms with Crippen molar-refractivity contribution >= 4 is 5.97 Å². The summed E-state index contributed by atoms with van der Waals surface area (Å²) in [6.45, 7) is 5.30. The minimum absolute atomic E-state index is 0.0481. The maximum atomic E-state index is 11.6. The van der Waals surface area contributed by atoms with Crippen molar-refractivity contribution in [1.82, 2.24) is 10.3 Å². The van der Waals surface area contributed by atoms with Gasteiger partial charge in [-0.3, -0.25) is 4.98 Å². The molecule has 4 rings (SSSR count). The summed E-state index contributed by atoms with van der Waals surface area (Å²) in [6, 6.07) is 15.5. The number of carbonyl (C=O) groups is 1. The average Bonchev–Trinajstić information content (AvgIpc) is 2.83. The lowest BCUT2D eigenvalue weighted by Crippen LogP contribution is -2.36. The van der Waals surface area contributed by atoms with Gasteiger partial charge < -0.3 is 20.3 Å². The number of aliphatic hydroxyl groups excluding tert-OH is 1. The second-order valence-electron chi connectivity index (χ2n) is 9.34. The zero-order chi connectivity index (χ0) is 24.1. The van der Waals surface area contributed by atoms with Crippen molar-refractivity contribution in [2.75, 3.05) is 13.1 Å². The molecule has 6 heteroatoms. The van der Waals surface area contributed by atoms with E-state index in [0.717, 1.165) is 52.8 Å². The average molecular weight is 461 g/mol. The molecule has 1 aromatic heterocycles. The Kier molecular flexibility index (Phi) is 7.60. The maximum Gasteiger partial charge on any atom is 0.335 e. The lowest BCUT2D eigenvalue weighted by Gasteiger charge is -2.27. The van der Waals surface area contributed by atoms with Crippen LogP contribution >= 0.6 is 0 Å². The number of aromatic nitrogens is 1. The number of fused-ring (bicyclic) bond motifs is 1. The first-order chi connectivity index (χ1) is 16.4. The fourth-order valence-electron chi connectivity index (χ4n) is 4.43. The van der Waals surface area contributed by atoms with Gasteiger partial charge in [-0.2, -0.15) is 0 Å². The van der Waals surface area contributed by atoms with Crippen LogP contribution in [0.5, 0.6) is 5.75 Å². The SMILES string of the molecule is CC(C)Cc1cc(-c2ccc3c(c2)CCC(CNCC(O)c2cccnc2)O3)ccc1C(=O)O. The number of carboxylic acids is 1. The molecule has 0 spiro atoms. The summed E-state index contributed by atoms with van der Waals surface area (Å²) in [4.78, 5) is 15.7. The molecule has 2 atom stereocenters. The molecule has 178 valence electrons. The summed E-state index contributed by atoms with van der Waals surface area (Å²) in [5.74, 6) is 0.383. The van der Waals surface area contributed by atoms with Gasteiger partial charge in [0, 0.05) is 31.0 Å². The first-order valence-electron chi connectivity index (χ1n) is 11.9. The van der Waals surface area contributed by atoms with Gasteiger partial charge in [0.15, 0.2) is 0 Å². The second kappa shape index (κ2) is 10.8. The molecule has 0 aliphatic carbocycles. The highest BCUT2D eigenvalue weighted by Crippen LogP contribution is 2.33. The Labute approximate surface area is 200 Å². The Bertz CT molecular complexity index is 1130. The van der Waals surface area contributed by atoms with Crippen molar-refractivity contribution in [2.45, 2.75) is 45.3 Å². The summed E-state index contributed by atoms with van der Waals surface area (Å²) in [5.41, 5.74) is 5.30. The van der Waals surface area contributed by atoms with Crippen molar-refractivity contribution in [2.24, 2.45) is 5.92 Å².